The van der Waals surface area contributed by atoms with Crippen LogP contribution >= 0.6 is 0 Å². The van der Waals surface area contributed by atoms with Crippen molar-refractivity contribution in [3.05, 3.63) is 78.5 Å². The molecule has 180 valence electrons. The molecule has 0 unspecified atom stereocenters. The van der Waals surface area contributed by atoms with Gasteiger partial charge in [0.15, 0.2) is 0 Å². The summed E-state index contributed by atoms with van der Waals surface area (Å²) in [5.74, 6) is 1.06. The van der Waals surface area contributed by atoms with Crippen molar-refractivity contribution in [2.45, 2.75) is 26.2 Å². The zero-order chi connectivity index (χ0) is 24.6. The molecule has 1 aliphatic heterocycles. The first kappa shape index (κ1) is 24.3. The molecule has 35 heavy (non-hydrogen) atoms. The number of piperazine rings is 1. The van der Waals surface area contributed by atoms with Gasteiger partial charge in [-0.3, -0.25) is 4.79 Å². The van der Waals surface area contributed by atoms with Gasteiger partial charge in [0.2, 0.25) is 5.91 Å². The molecule has 6 nitrogen and oxygen atoms in total. The molecule has 0 bridgehead atoms. The topological polar surface area (TPSA) is 72.3 Å². The van der Waals surface area contributed by atoms with Gasteiger partial charge in [-0.05, 0) is 53.3 Å². The van der Waals surface area contributed by atoms with Gasteiger partial charge in [0.25, 0.3) is 0 Å². The predicted molar refractivity (Wildman–Crippen MR) is 141 cm³/mol. The molecule has 1 fully saturated rings. The number of nitrogens with one attached hydrogen (secondary N) is 1. The normalized spacial score (nSPS) is 14.5. The third-order valence-corrected chi connectivity index (χ3v) is 6.47. The van der Waals surface area contributed by atoms with Crippen molar-refractivity contribution in [3.8, 4) is 17.2 Å². The number of carbonyl (C=O) groups excluding carboxylic acids is 1. The highest BCUT2D eigenvalue weighted by molar-refractivity contribution is 5.84. The van der Waals surface area contributed by atoms with Crippen LogP contribution < -0.4 is 15.1 Å². The van der Waals surface area contributed by atoms with Gasteiger partial charge in [0, 0.05) is 38.1 Å². The quantitative estimate of drug-likeness (QED) is 0.480. The zero-order valence-electron chi connectivity index (χ0n) is 20.5. The molecule has 2 heterocycles. The second-order valence-electron chi connectivity index (χ2n) is 9.39. The molecule has 1 saturated heterocycles. The molecule has 1 N–H and O–H groups in total. The van der Waals surface area contributed by atoms with Crippen molar-refractivity contribution in [2.75, 3.05) is 42.5 Å². The lowest BCUT2D eigenvalue weighted by molar-refractivity contribution is -0.122. The molecule has 4 rings (SSSR count). The van der Waals surface area contributed by atoms with Gasteiger partial charge in [-0.1, -0.05) is 56.3 Å². The average Bonchev–Trinajstić information content (AvgIpc) is 2.91. The van der Waals surface area contributed by atoms with Crippen LogP contribution in [0.15, 0.2) is 72.9 Å². The van der Waals surface area contributed by atoms with Crippen LogP contribution in [0.25, 0.3) is 11.1 Å². The smallest absolute Gasteiger partial charge is 0.228 e. The summed E-state index contributed by atoms with van der Waals surface area (Å²) in [5, 5.41) is 11.6. The van der Waals surface area contributed by atoms with Crippen LogP contribution in [0.3, 0.4) is 0 Å². The number of carbonyl (C=O) groups is 1. The first-order valence-electron chi connectivity index (χ1n) is 12.3. The maximum absolute atomic E-state index is 12.7. The summed E-state index contributed by atoms with van der Waals surface area (Å²) in [4.78, 5) is 22.0. The van der Waals surface area contributed by atoms with Crippen LogP contribution in [-0.4, -0.2) is 43.6 Å². The Balaban J connectivity index is 1.45. The standard InChI is InChI=1S/C29H33N5O/c1-22(2)20-27(29(35)32-15-13-30)25-7-5-6-24(21-25)23-9-11-26(12-10-23)33-16-18-34(19-17-33)28-8-3-4-14-31-28/h3-12,14,21-22,27H,15-20H2,1-2H3,(H,32,35)/t27-/m1/s1. The number of pyridine rings is 1. The lowest BCUT2D eigenvalue weighted by Gasteiger charge is -2.36. The Bertz CT molecular complexity index is 1150. The second-order valence-corrected chi connectivity index (χ2v) is 9.39. The molecule has 6 heteroatoms. The predicted octanol–water partition coefficient (Wildman–Crippen LogP) is 4.84. The van der Waals surface area contributed by atoms with E-state index in [1.165, 1.54) is 5.69 Å². The minimum absolute atomic E-state index is 0.0324. The molecule has 1 aliphatic rings. The molecule has 3 aromatic rings. The second kappa shape index (κ2) is 11.5. The average molecular weight is 468 g/mol. The van der Waals surface area contributed by atoms with Crippen molar-refractivity contribution >= 4 is 17.4 Å². The van der Waals surface area contributed by atoms with E-state index in [-0.39, 0.29) is 18.4 Å². The molecule has 0 spiro atoms. The van der Waals surface area contributed by atoms with Gasteiger partial charge >= 0.3 is 0 Å². The van der Waals surface area contributed by atoms with E-state index in [2.05, 4.69) is 76.4 Å². The van der Waals surface area contributed by atoms with E-state index in [1.807, 2.05) is 36.5 Å². The fourth-order valence-electron chi connectivity index (χ4n) is 4.65. The van der Waals surface area contributed by atoms with Crippen LogP contribution in [0, 0.1) is 17.2 Å². The van der Waals surface area contributed by atoms with Crippen molar-refractivity contribution in [2.24, 2.45) is 5.92 Å². The highest BCUT2D eigenvalue weighted by Gasteiger charge is 2.22. The Morgan fingerprint density at radius 1 is 0.971 bits per heavy atom. The maximum atomic E-state index is 12.7. The Morgan fingerprint density at radius 2 is 1.71 bits per heavy atom. The van der Waals surface area contributed by atoms with Gasteiger partial charge in [-0.2, -0.15) is 5.26 Å². The Labute approximate surface area is 208 Å². The summed E-state index contributed by atoms with van der Waals surface area (Å²) < 4.78 is 0. The van der Waals surface area contributed by atoms with Gasteiger partial charge in [-0.15, -0.1) is 0 Å². The van der Waals surface area contributed by atoms with Crippen LogP contribution in [-0.2, 0) is 4.79 Å². The first-order valence-corrected chi connectivity index (χ1v) is 12.3. The van der Waals surface area contributed by atoms with Gasteiger partial charge in [0.1, 0.15) is 12.4 Å². The molecule has 0 aliphatic carbocycles. The fraction of sp³-hybridized carbons (Fsp3) is 0.345. The van der Waals surface area contributed by atoms with Crippen molar-refractivity contribution in [3.63, 3.8) is 0 Å². The third kappa shape index (κ3) is 6.19. The Hall–Kier alpha value is -3.85. The van der Waals surface area contributed by atoms with Gasteiger partial charge < -0.3 is 15.1 Å². The largest absolute Gasteiger partial charge is 0.368 e. The number of rotatable bonds is 8. The first-order chi connectivity index (χ1) is 17.0. The number of nitrogens with zero attached hydrogens (tertiary/aromatic N) is 4. The van der Waals surface area contributed by atoms with Gasteiger partial charge in [0.05, 0.1) is 12.0 Å². The summed E-state index contributed by atoms with van der Waals surface area (Å²) in [6.07, 6.45) is 2.59. The molecule has 2 aromatic carbocycles. The fourth-order valence-corrected chi connectivity index (χ4v) is 4.65. The number of nitriles is 1. The van der Waals surface area contributed by atoms with E-state index < -0.39 is 0 Å². The van der Waals surface area contributed by atoms with E-state index in [1.54, 1.807) is 0 Å². The number of hydrogen-bond donors (Lipinski definition) is 1. The summed E-state index contributed by atoms with van der Waals surface area (Å²) >= 11 is 0. The summed E-state index contributed by atoms with van der Waals surface area (Å²) in [6.45, 7) is 8.08. The zero-order valence-corrected chi connectivity index (χ0v) is 20.5. The number of aromatic nitrogens is 1. The maximum Gasteiger partial charge on any atom is 0.228 e. The summed E-state index contributed by atoms with van der Waals surface area (Å²) in [7, 11) is 0. The van der Waals surface area contributed by atoms with E-state index in [4.69, 9.17) is 5.26 Å². The van der Waals surface area contributed by atoms with Crippen LogP contribution in [0.5, 0.6) is 0 Å². The van der Waals surface area contributed by atoms with Crippen LogP contribution in [0.2, 0.25) is 0 Å². The number of amides is 1. The lowest BCUT2D eigenvalue weighted by atomic mass is 9.88. The molecular weight excluding hydrogens is 434 g/mol. The van der Waals surface area contributed by atoms with Gasteiger partial charge in [-0.25, -0.2) is 4.98 Å². The number of anilines is 2. The highest BCUT2D eigenvalue weighted by Crippen LogP contribution is 2.30. The monoisotopic (exact) mass is 467 g/mol. The highest BCUT2D eigenvalue weighted by atomic mass is 16.1. The van der Waals surface area contributed by atoms with E-state index in [9.17, 15) is 4.79 Å². The summed E-state index contributed by atoms with van der Waals surface area (Å²) in [5.41, 5.74) is 4.43. The molecule has 1 amide bonds. The van der Waals surface area contributed by atoms with E-state index in [0.29, 0.717) is 5.92 Å². The molecule has 0 radical (unpaired) electrons. The molecule has 0 saturated carbocycles. The summed E-state index contributed by atoms with van der Waals surface area (Å²) in [6, 6.07) is 25.0. The Morgan fingerprint density at radius 3 is 2.37 bits per heavy atom. The van der Waals surface area contributed by atoms with E-state index >= 15 is 0 Å². The van der Waals surface area contributed by atoms with Crippen molar-refractivity contribution in [1.29, 1.82) is 5.26 Å². The van der Waals surface area contributed by atoms with Crippen LogP contribution in [0.1, 0.15) is 31.7 Å². The number of benzene rings is 2. The number of hydrogen-bond acceptors (Lipinski definition) is 5. The van der Waals surface area contributed by atoms with E-state index in [0.717, 1.165) is 55.1 Å². The third-order valence-electron chi connectivity index (χ3n) is 6.47. The minimum atomic E-state index is -0.266. The SMILES string of the molecule is CC(C)C[C@@H](C(=O)NCC#N)c1cccc(-c2ccc(N3CCN(c4ccccn4)CC3)cc2)c1. The van der Waals surface area contributed by atoms with Crippen LogP contribution in [0.4, 0.5) is 11.5 Å². The minimum Gasteiger partial charge on any atom is -0.368 e. The Kier molecular flexibility index (Phi) is 7.99. The van der Waals surface area contributed by atoms with Crippen molar-refractivity contribution in [1.82, 2.24) is 10.3 Å². The molecular formula is C29H33N5O. The van der Waals surface area contributed by atoms with Crippen molar-refractivity contribution < 1.29 is 4.79 Å². The lowest BCUT2D eigenvalue weighted by Crippen LogP contribution is -2.46. The molecule has 1 atom stereocenters. The molecule has 1 aromatic heterocycles.